The number of rotatable bonds is 3. The normalized spacial score (nSPS) is 10.1. The second-order valence-corrected chi connectivity index (χ2v) is 4.19. The van der Waals surface area contributed by atoms with Gasteiger partial charge in [0, 0.05) is 17.8 Å². The molecule has 0 saturated heterocycles. The Morgan fingerprint density at radius 2 is 1.83 bits per heavy atom. The number of nitrogens with two attached hydrogens (primary N) is 1. The first-order chi connectivity index (χ1) is 8.68. The maximum atomic E-state index is 11.9. The van der Waals surface area contributed by atoms with Crippen LogP contribution in [0.4, 0.5) is 5.69 Å². The molecule has 18 heavy (non-hydrogen) atoms. The summed E-state index contributed by atoms with van der Waals surface area (Å²) in [7, 11) is 0. The van der Waals surface area contributed by atoms with E-state index in [-0.39, 0.29) is 5.91 Å². The van der Waals surface area contributed by atoms with Crippen LogP contribution >= 0.6 is 0 Å². The number of hydrogen-bond donors (Lipinski definition) is 2. The van der Waals surface area contributed by atoms with Crippen LogP contribution in [0.2, 0.25) is 0 Å². The maximum absolute atomic E-state index is 11.9. The Morgan fingerprint density at radius 1 is 1.11 bits per heavy atom. The van der Waals surface area contributed by atoms with E-state index in [0.29, 0.717) is 17.8 Å². The lowest BCUT2D eigenvalue weighted by Gasteiger charge is -2.10. The molecule has 2 aromatic rings. The lowest BCUT2D eigenvalue weighted by atomic mass is 10.1. The van der Waals surface area contributed by atoms with Crippen LogP contribution in [0, 0.1) is 6.92 Å². The van der Waals surface area contributed by atoms with Crippen LogP contribution in [-0.4, -0.2) is 5.91 Å². The first-order valence-corrected chi connectivity index (χ1v) is 5.85. The van der Waals surface area contributed by atoms with Gasteiger partial charge >= 0.3 is 0 Å². The molecule has 0 spiro atoms. The number of benzene rings is 2. The van der Waals surface area contributed by atoms with Crippen molar-refractivity contribution in [1.82, 2.24) is 5.32 Å². The highest BCUT2D eigenvalue weighted by atomic mass is 16.1. The summed E-state index contributed by atoms with van der Waals surface area (Å²) >= 11 is 0. The summed E-state index contributed by atoms with van der Waals surface area (Å²) in [4.78, 5) is 11.9. The summed E-state index contributed by atoms with van der Waals surface area (Å²) in [6.07, 6.45) is 0. The Balaban J connectivity index is 2.07. The number of aryl methyl sites for hydroxylation is 1. The van der Waals surface area contributed by atoms with E-state index in [0.717, 1.165) is 11.1 Å². The van der Waals surface area contributed by atoms with Gasteiger partial charge in [0.2, 0.25) is 0 Å². The van der Waals surface area contributed by atoms with Gasteiger partial charge in [-0.2, -0.15) is 0 Å². The van der Waals surface area contributed by atoms with Gasteiger partial charge in [0.1, 0.15) is 0 Å². The van der Waals surface area contributed by atoms with Crippen molar-refractivity contribution in [3.8, 4) is 0 Å². The van der Waals surface area contributed by atoms with Crippen molar-refractivity contribution in [2.45, 2.75) is 13.5 Å². The molecule has 0 unspecified atom stereocenters. The smallest absolute Gasteiger partial charge is 0.251 e. The first kappa shape index (κ1) is 12.2. The van der Waals surface area contributed by atoms with Gasteiger partial charge in [-0.3, -0.25) is 4.79 Å². The van der Waals surface area contributed by atoms with Crippen molar-refractivity contribution in [3.63, 3.8) is 0 Å². The predicted molar refractivity (Wildman–Crippen MR) is 73.2 cm³/mol. The number of nitrogen functional groups attached to an aromatic ring is 1. The van der Waals surface area contributed by atoms with Crippen LogP contribution in [0.25, 0.3) is 0 Å². The minimum absolute atomic E-state index is 0.0850. The van der Waals surface area contributed by atoms with E-state index in [4.69, 9.17) is 5.73 Å². The summed E-state index contributed by atoms with van der Waals surface area (Å²) in [5.41, 5.74) is 9.32. The van der Waals surface area contributed by atoms with Crippen molar-refractivity contribution >= 4 is 11.6 Å². The fraction of sp³-hybridized carbons (Fsp3) is 0.133. The standard InChI is InChI=1S/C15H16N2O/c1-11-6-5-9-14(16)13(11)10-17-15(18)12-7-3-2-4-8-12/h2-9H,10,16H2,1H3,(H,17,18). The molecule has 2 aromatic carbocycles. The lowest BCUT2D eigenvalue weighted by Crippen LogP contribution is -2.23. The number of anilines is 1. The van der Waals surface area contributed by atoms with Crippen molar-refractivity contribution in [3.05, 3.63) is 65.2 Å². The SMILES string of the molecule is Cc1cccc(N)c1CNC(=O)c1ccccc1. The maximum Gasteiger partial charge on any atom is 0.251 e. The van der Waals surface area contributed by atoms with E-state index >= 15 is 0 Å². The van der Waals surface area contributed by atoms with E-state index in [9.17, 15) is 4.79 Å². The van der Waals surface area contributed by atoms with Crippen molar-refractivity contribution < 1.29 is 4.79 Å². The molecule has 0 aliphatic rings. The summed E-state index contributed by atoms with van der Waals surface area (Å²) < 4.78 is 0. The number of amides is 1. The Hall–Kier alpha value is -2.29. The number of hydrogen-bond acceptors (Lipinski definition) is 2. The third kappa shape index (κ3) is 2.69. The summed E-state index contributed by atoms with van der Waals surface area (Å²) in [5, 5.41) is 2.88. The van der Waals surface area contributed by atoms with Gasteiger partial charge < -0.3 is 11.1 Å². The highest BCUT2D eigenvalue weighted by molar-refractivity contribution is 5.94. The van der Waals surface area contributed by atoms with Gasteiger partial charge in [-0.05, 0) is 36.2 Å². The molecule has 3 heteroatoms. The fourth-order valence-corrected chi connectivity index (χ4v) is 1.83. The van der Waals surface area contributed by atoms with E-state index in [1.807, 2.05) is 43.3 Å². The molecule has 0 radical (unpaired) electrons. The molecule has 1 amide bonds. The molecule has 92 valence electrons. The quantitative estimate of drug-likeness (QED) is 0.810. The zero-order valence-electron chi connectivity index (χ0n) is 10.3. The predicted octanol–water partition coefficient (Wildman–Crippen LogP) is 2.51. The second-order valence-electron chi connectivity index (χ2n) is 4.19. The number of carbonyl (C=O) groups is 1. The van der Waals surface area contributed by atoms with Gasteiger partial charge in [-0.25, -0.2) is 0 Å². The summed E-state index contributed by atoms with van der Waals surface area (Å²) in [5.74, 6) is -0.0850. The average molecular weight is 240 g/mol. The Bertz CT molecular complexity index is 529. The summed E-state index contributed by atoms with van der Waals surface area (Å²) in [6.45, 7) is 2.44. The topological polar surface area (TPSA) is 55.1 Å². The molecule has 3 nitrogen and oxygen atoms in total. The zero-order chi connectivity index (χ0) is 13.0. The van der Waals surface area contributed by atoms with Gasteiger partial charge in [-0.15, -0.1) is 0 Å². The lowest BCUT2D eigenvalue weighted by molar-refractivity contribution is 0.0951. The largest absolute Gasteiger partial charge is 0.398 e. The van der Waals surface area contributed by atoms with E-state index in [2.05, 4.69) is 5.32 Å². The average Bonchev–Trinajstić information content (AvgIpc) is 2.39. The molecule has 0 aliphatic carbocycles. The van der Waals surface area contributed by atoms with Gasteiger partial charge in [-0.1, -0.05) is 30.3 Å². The monoisotopic (exact) mass is 240 g/mol. The molecule has 0 aromatic heterocycles. The van der Waals surface area contributed by atoms with Crippen LogP contribution in [-0.2, 0) is 6.54 Å². The minimum atomic E-state index is -0.0850. The molecule has 0 fully saturated rings. The van der Waals surface area contributed by atoms with Crippen LogP contribution in [0.3, 0.4) is 0 Å². The van der Waals surface area contributed by atoms with Crippen molar-refractivity contribution in [1.29, 1.82) is 0 Å². The van der Waals surface area contributed by atoms with Gasteiger partial charge in [0.25, 0.3) is 5.91 Å². The van der Waals surface area contributed by atoms with Gasteiger partial charge in [0.15, 0.2) is 0 Å². The molecular formula is C15H16N2O. The van der Waals surface area contributed by atoms with Crippen LogP contribution in [0.5, 0.6) is 0 Å². The van der Waals surface area contributed by atoms with E-state index < -0.39 is 0 Å². The Kier molecular flexibility index (Phi) is 3.63. The number of carbonyl (C=O) groups excluding carboxylic acids is 1. The highest BCUT2D eigenvalue weighted by Crippen LogP contribution is 2.15. The molecule has 0 atom stereocenters. The second kappa shape index (κ2) is 5.36. The van der Waals surface area contributed by atoms with Gasteiger partial charge in [0.05, 0.1) is 0 Å². The first-order valence-electron chi connectivity index (χ1n) is 5.85. The van der Waals surface area contributed by atoms with Crippen LogP contribution in [0.1, 0.15) is 21.5 Å². The highest BCUT2D eigenvalue weighted by Gasteiger charge is 2.07. The Labute approximate surface area is 107 Å². The molecule has 0 aliphatic heterocycles. The molecule has 0 heterocycles. The molecular weight excluding hydrogens is 224 g/mol. The van der Waals surface area contributed by atoms with Crippen LogP contribution in [0.15, 0.2) is 48.5 Å². The third-order valence-electron chi connectivity index (χ3n) is 2.91. The number of nitrogens with one attached hydrogen (secondary N) is 1. The summed E-state index contributed by atoms with van der Waals surface area (Å²) in [6, 6.07) is 14.9. The fourth-order valence-electron chi connectivity index (χ4n) is 1.83. The Morgan fingerprint density at radius 3 is 2.50 bits per heavy atom. The molecule has 3 N–H and O–H groups in total. The van der Waals surface area contributed by atoms with Crippen molar-refractivity contribution in [2.75, 3.05) is 5.73 Å². The minimum Gasteiger partial charge on any atom is -0.398 e. The zero-order valence-corrected chi connectivity index (χ0v) is 10.3. The molecule has 0 bridgehead atoms. The van der Waals surface area contributed by atoms with E-state index in [1.165, 1.54) is 0 Å². The van der Waals surface area contributed by atoms with E-state index in [1.54, 1.807) is 12.1 Å². The molecule has 0 saturated carbocycles. The van der Waals surface area contributed by atoms with Crippen molar-refractivity contribution in [2.24, 2.45) is 0 Å². The third-order valence-corrected chi connectivity index (χ3v) is 2.91. The molecule has 2 rings (SSSR count). The van der Waals surface area contributed by atoms with Crippen LogP contribution < -0.4 is 11.1 Å².